The maximum absolute atomic E-state index is 12.9. The molecule has 0 bridgehead atoms. The van der Waals surface area contributed by atoms with E-state index in [1.165, 1.54) is 6.07 Å². The number of methoxy groups -OCH3 is 1. The number of carbonyl (C=O) groups excluding carboxylic acids is 1. The number of phenolic OH excluding ortho intramolecular Hbond substituents is 1. The van der Waals surface area contributed by atoms with Crippen molar-refractivity contribution < 1.29 is 19.4 Å². The van der Waals surface area contributed by atoms with E-state index in [9.17, 15) is 9.90 Å². The molecule has 0 spiro atoms. The van der Waals surface area contributed by atoms with Gasteiger partial charge >= 0.3 is 0 Å². The van der Waals surface area contributed by atoms with Crippen LogP contribution in [-0.2, 0) is 13.0 Å². The lowest BCUT2D eigenvalue weighted by Gasteiger charge is -2.12. The fourth-order valence-corrected chi connectivity index (χ4v) is 3.37. The molecule has 5 heteroatoms. The van der Waals surface area contributed by atoms with Crippen LogP contribution in [0, 0.1) is 0 Å². The third-order valence-corrected chi connectivity index (χ3v) is 4.82. The summed E-state index contributed by atoms with van der Waals surface area (Å²) < 4.78 is 11.3. The SMILES string of the molecule is COc1cc(CC(=O)c2c(O)ccc3[nH]ccc23)ccc1OCc1ccccc1. The molecule has 0 aliphatic heterocycles. The molecule has 0 unspecified atom stereocenters. The Morgan fingerprint density at radius 1 is 0.966 bits per heavy atom. The molecule has 3 aromatic carbocycles. The summed E-state index contributed by atoms with van der Waals surface area (Å²) >= 11 is 0. The molecule has 0 radical (unpaired) electrons. The van der Waals surface area contributed by atoms with Crippen molar-refractivity contribution >= 4 is 16.7 Å². The highest BCUT2D eigenvalue weighted by molar-refractivity contribution is 6.10. The zero-order valence-electron chi connectivity index (χ0n) is 16.0. The maximum Gasteiger partial charge on any atom is 0.171 e. The summed E-state index contributed by atoms with van der Waals surface area (Å²) in [5.74, 6) is 1.00. The van der Waals surface area contributed by atoms with E-state index in [0.29, 0.717) is 29.1 Å². The van der Waals surface area contributed by atoms with E-state index in [1.54, 1.807) is 37.6 Å². The van der Waals surface area contributed by atoms with Gasteiger partial charge in [0.2, 0.25) is 0 Å². The molecule has 0 saturated carbocycles. The number of benzene rings is 3. The summed E-state index contributed by atoms with van der Waals surface area (Å²) in [4.78, 5) is 16.0. The molecule has 0 atom stereocenters. The number of hydrogen-bond donors (Lipinski definition) is 2. The Morgan fingerprint density at radius 2 is 1.79 bits per heavy atom. The van der Waals surface area contributed by atoms with Gasteiger partial charge in [-0.15, -0.1) is 0 Å². The Balaban J connectivity index is 1.54. The lowest BCUT2D eigenvalue weighted by atomic mass is 9.99. The van der Waals surface area contributed by atoms with Gasteiger partial charge in [0.15, 0.2) is 17.3 Å². The lowest BCUT2D eigenvalue weighted by Crippen LogP contribution is -2.05. The van der Waals surface area contributed by atoms with Crippen LogP contribution < -0.4 is 9.47 Å². The molecule has 0 saturated heterocycles. The molecule has 4 aromatic rings. The monoisotopic (exact) mass is 387 g/mol. The van der Waals surface area contributed by atoms with Crippen molar-refractivity contribution in [2.75, 3.05) is 7.11 Å². The Hall–Kier alpha value is -3.73. The van der Waals surface area contributed by atoms with Gasteiger partial charge in [-0.1, -0.05) is 36.4 Å². The van der Waals surface area contributed by atoms with Crippen molar-refractivity contribution in [2.24, 2.45) is 0 Å². The third kappa shape index (κ3) is 3.94. The summed E-state index contributed by atoms with van der Waals surface area (Å²) in [7, 11) is 1.57. The highest BCUT2D eigenvalue weighted by Gasteiger charge is 2.17. The van der Waals surface area contributed by atoms with Crippen LogP contribution in [-0.4, -0.2) is 23.0 Å². The predicted molar refractivity (Wildman–Crippen MR) is 112 cm³/mol. The van der Waals surface area contributed by atoms with Crippen LogP contribution in [0.25, 0.3) is 10.9 Å². The zero-order valence-corrected chi connectivity index (χ0v) is 16.0. The number of carbonyl (C=O) groups is 1. The first-order valence-electron chi connectivity index (χ1n) is 9.31. The number of aromatic amines is 1. The molecule has 29 heavy (non-hydrogen) atoms. The average Bonchev–Trinajstić information content (AvgIpc) is 3.21. The van der Waals surface area contributed by atoms with Gasteiger partial charge in [-0.05, 0) is 41.5 Å². The maximum atomic E-state index is 12.9. The second-order valence-electron chi connectivity index (χ2n) is 6.76. The van der Waals surface area contributed by atoms with Crippen molar-refractivity contribution in [3.05, 3.63) is 89.6 Å². The van der Waals surface area contributed by atoms with Crippen molar-refractivity contribution in [1.29, 1.82) is 0 Å². The Bertz CT molecular complexity index is 1150. The van der Waals surface area contributed by atoms with Gasteiger partial charge in [-0.2, -0.15) is 0 Å². The van der Waals surface area contributed by atoms with Crippen LogP contribution >= 0.6 is 0 Å². The minimum atomic E-state index is -0.160. The predicted octanol–water partition coefficient (Wildman–Crippen LogP) is 4.89. The standard InChI is InChI=1S/C24H21NO4/c1-28-23-14-17(7-10-22(23)29-15-16-5-3-2-4-6-16)13-21(27)24-18-11-12-25-19(18)8-9-20(24)26/h2-12,14,25-26H,13,15H2,1H3. The zero-order chi connectivity index (χ0) is 20.2. The van der Waals surface area contributed by atoms with Crippen LogP contribution in [0.2, 0.25) is 0 Å². The number of nitrogens with one attached hydrogen (secondary N) is 1. The van der Waals surface area contributed by atoms with Crippen molar-refractivity contribution in [3.8, 4) is 17.2 Å². The normalized spacial score (nSPS) is 10.8. The largest absolute Gasteiger partial charge is 0.507 e. The number of rotatable bonds is 7. The summed E-state index contributed by atoms with van der Waals surface area (Å²) in [6.07, 6.45) is 1.90. The number of phenols is 1. The molecule has 1 heterocycles. The molecular weight excluding hydrogens is 366 g/mol. The first-order valence-corrected chi connectivity index (χ1v) is 9.31. The van der Waals surface area contributed by atoms with E-state index in [0.717, 1.165) is 16.6 Å². The average molecular weight is 387 g/mol. The first-order chi connectivity index (χ1) is 14.2. The minimum absolute atomic E-state index is 0.0168. The highest BCUT2D eigenvalue weighted by atomic mass is 16.5. The number of ether oxygens (including phenoxy) is 2. The van der Waals surface area contributed by atoms with Crippen molar-refractivity contribution in [2.45, 2.75) is 13.0 Å². The molecule has 5 nitrogen and oxygen atoms in total. The molecule has 0 aliphatic rings. The van der Waals surface area contributed by atoms with Crippen LogP contribution in [0.15, 0.2) is 72.9 Å². The van der Waals surface area contributed by atoms with E-state index in [4.69, 9.17) is 9.47 Å². The highest BCUT2D eigenvalue weighted by Crippen LogP contribution is 2.31. The number of aromatic hydroxyl groups is 1. The van der Waals surface area contributed by atoms with Gasteiger partial charge in [-0.25, -0.2) is 0 Å². The number of ketones is 1. The number of Topliss-reactive ketones (excluding diaryl/α,β-unsaturated/α-hetero) is 1. The van der Waals surface area contributed by atoms with Gasteiger partial charge in [0.25, 0.3) is 0 Å². The molecule has 0 aliphatic carbocycles. The van der Waals surface area contributed by atoms with Gasteiger partial charge in [-0.3, -0.25) is 4.79 Å². The lowest BCUT2D eigenvalue weighted by molar-refractivity contribution is 0.0992. The fraction of sp³-hybridized carbons (Fsp3) is 0.125. The molecule has 146 valence electrons. The van der Waals surface area contributed by atoms with E-state index >= 15 is 0 Å². The molecule has 2 N–H and O–H groups in total. The number of H-pyrrole nitrogens is 1. The minimum Gasteiger partial charge on any atom is -0.507 e. The fourth-order valence-electron chi connectivity index (χ4n) is 3.37. The van der Waals surface area contributed by atoms with Gasteiger partial charge in [0.05, 0.1) is 12.7 Å². The Morgan fingerprint density at radius 3 is 2.59 bits per heavy atom. The van der Waals surface area contributed by atoms with E-state index in [-0.39, 0.29) is 18.0 Å². The van der Waals surface area contributed by atoms with Crippen LogP contribution in [0.1, 0.15) is 21.5 Å². The van der Waals surface area contributed by atoms with E-state index in [1.807, 2.05) is 36.4 Å². The Labute approximate surface area is 168 Å². The van der Waals surface area contributed by atoms with Gasteiger partial charge in [0.1, 0.15) is 12.4 Å². The summed E-state index contributed by atoms with van der Waals surface area (Å²) in [6.45, 7) is 0.429. The van der Waals surface area contributed by atoms with E-state index < -0.39 is 0 Å². The van der Waals surface area contributed by atoms with Crippen molar-refractivity contribution in [1.82, 2.24) is 4.98 Å². The van der Waals surface area contributed by atoms with Crippen LogP contribution in [0.4, 0.5) is 0 Å². The van der Waals surface area contributed by atoms with Crippen LogP contribution in [0.3, 0.4) is 0 Å². The number of hydrogen-bond acceptors (Lipinski definition) is 4. The van der Waals surface area contributed by atoms with Gasteiger partial charge < -0.3 is 19.6 Å². The Kier molecular flexibility index (Phi) is 5.20. The molecule has 0 fully saturated rings. The molecule has 0 amide bonds. The number of fused-ring (bicyclic) bond motifs is 1. The molecule has 4 rings (SSSR count). The quantitative estimate of drug-likeness (QED) is 0.443. The topological polar surface area (TPSA) is 71.5 Å². The second kappa shape index (κ2) is 8.10. The smallest absolute Gasteiger partial charge is 0.171 e. The summed E-state index contributed by atoms with van der Waals surface area (Å²) in [5, 5.41) is 10.9. The second-order valence-corrected chi connectivity index (χ2v) is 6.76. The molecular formula is C24H21NO4. The number of aromatic nitrogens is 1. The van der Waals surface area contributed by atoms with Gasteiger partial charge in [0, 0.05) is 23.5 Å². The molecule has 1 aromatic heterocycles. The first kappa shape index (κ1) is 18.6. The van der Waals surface area contributed by atoms with E-state index in [2.05, 4.69) is 4.98 Å². The third-order valence-electron chi connectivity index (χ3n) is 4.82. The summed E-state index contributed by atoms with van der Waals surface area (Å²) in [5.41, 5.74) is 2.98. The van der Waals surface area contributed by atoms with Crippen LogP contribution in [0.5, 0.6) is 17.2 Å². The van der Waals surface area contributed by atoms with Crippen molar-refractivity contribution in [3.63, 3.8) is 0 Å². The summed E-state index contributed by atoms with van der Waals surface area (Å²) in [6, 6.07) is 20.4.